The van der Waals surface area contributed by atoms with Crippen LogP contribution in [0.25, 0.3) is 11.0 Å². The molecule has 0 N–H and O–H groups in total. The van der Waals surface area contributed by atoms with Crippen molar-refractivity contribution in [1.82, 2.24) is 19.9 Å². The normalized spacial score (nSPS) is 19.0. The molecule has 0 unspecified atom stereocenters. The van der Waals surface area contributed by atoms with Crippen molar-refractivity contribution in [2.75, 3.05) is 19.7 Å². The van der Waals surface area contributed by atoms with Crippen molar-refractivity contribution in [3.63, 3.8) is 0 Å². The van der Waals surface area contributed by atoms with Crippen LogP contribution in [0.3, 0.4) is 0 Å². The number of fused-ring (bicyclic) bond motifs is 1. The van der Waals surface area contributed by atoms with E-state index in [1.54, 1.807) is 11.3 Å². The number of hydrogen-bond donors (Lipinski definition) is 0. The molecule has 1 saturated heterocycles. The lowest BCUT2D eigenvalue weighted by molar-refractivity contribution is -0.0334. The fourth-order valence-corrected chi connectivity index (χ4v) is 3.84. The number of benzene rings is 1. The van der Waals surface area contributed by atoms with E-state index in [0.29, 0.717) is 0 Å². The van der Waals surface area contributed by atoms with Crippen LogP contribution in [0.5, 0.6) is 0 Å². The maximum absolute atomic E-state index is 5.92. The number of hydrogen-bond acceptors (Lipinski definition) is 6. The van der Waals surface area contributed by atoms with Gasteiger partial charge in [0.05, 0.1) is 29.0 Å². The van der Waals surface area contributed by atoms with E-state index in [2.05, 4.69) is 15.3 Å². The fraction of sp³-hybridized carbons (Fsp3) is 0.389. The third-order valence-corrected chi connectivity index (χ3v) is 5.33. The first-order chi connectivity index (χ1) is 11.7. The molecule has 0 radical (unpaired) electrons. The van der Waals surface area contributed by atoms with Crippen LogP contribution in [-0.4, -0.2) is 39.5 Å². The third-order valence-electron chi connectivity index (χ3n) is 4.28. The van der Waals surface area contributed by atoms with Crippen LogP contribution in [0, 0.1) is 13.8 Å². The van der Waals surface area contributed by atoms with Gasteiger partial charge in [0.2, 0.25) is 0 Å². The highest BCUT2D eigenvalue weighted by Crippen LogP contribution is 2.26. The summed E-state index contributed by atoms with van der Waals surface area (Å²) in [5.41, 5.74) is 5.02. The van der Waals surface area contributed by atoms with Gasteiger partial charge < -0.3 is 4.74 Å². The SMILES string of the molecule is Cc1csc([C@H]2CN(Cc3nc4ccccc4nc3C)CCO2)n1. The number of aryl methyl sites for hydroxylation is 2. The average Bonchev–Trinajstić information content (AvgIpc) is 3.02. The number of aromatic nitrogens is 3. The highest BCUT2D eigenvalue weighted by molar-refractivity contribution is 7.09. The Labute approximate surface area is 145 Å². The lowest BCUT2D eigenvalue weighted by Crippen LogP contribution is -2.38. The maximum atomic E-state index is 5.92. The summed E-state index contributed by atoms with van der Waals surface area (Å²) in [7, 11) is 0. The van der Waals surface area contributed by atoms with E-state index in [-0.39, 0.29) is 6.10 Å². The predicted molar refractivity (Wildman–Crippen MR) is 95.1 cm³/mol. The molecule has 4 rings (SSSR count). The van der Waals surface area contributed by atoms with Gasteiger partial charge in [0, 0.05) is 30.7 Å². The number of morpholine rings is 1. The standard InChI is InChI=1S/C18H20N4OS/c1-12-11-24-18(19-12)17-10-22(7-8-23-17)9-16-13(2)20-14-5-3-4-6-15(14)21-16/h3-6,11,17H,7-10H2,1-2H3/t17-/m1/s1. The molecule has 1 atom stereocenters. The smallest absolute Gasteiger partial charge is 0.123 e. The lowest BCUT2D eigenvalue weighted by Gasteiger charge is -2.31. The second-order valence-electron chi connectivity index (χ2n) is 6.17. The Balaban J connectivity index is 1.53. The molecule has 3 aromatic rings. The summed E-state index contributed by atoms with van der Waals surface area (Å²) >= 11 is 1.68. The second kappa shape index (κ2) is 6.55. The zero-order valence-corrected chi connectivity index (χ0v) is 14.7. The van der Waals surface area contributed by atoms with Gasteiger partial charge in [-0.3, -0.25) is 4.90 Å². The zero-order valence-electron chi connectivity index (χ0n) is 13.9. The molecule has 1 fully saturated rings. The Morgan fingerprint density at radius 1 is 1.17 bits per heavy atom. The van der Waals surface area contributed by atoms with Crippen molar-refractivity contribution in [3.05, 3.63) is 51.7 Å². The Morgan fingerprint density at radius 2 is 1.96 bits per heavy atom. The van der Waals surface area contributed by atoms with E-state index in [1.165, 1.54) is 0 Å². The molecule has 6 heteroatoms. The first kappa shape index (κ1) is 15.6. The van der Waals surface area contributed by atoms with E-state index in [0.717, 1.165) is 59.4 Å². The van der Waals surface area contributed by atoms with Crippen molar-refractivity contribution < 1.29 is 4.74 Å². The van der Waals surface area contributed by atoms with Crippen molar-refractivity contribution >= 4 is 22.4 Å². The van der Waals surface area contributed by atoms with E-state index in [1.807, 2.05) is 38.1 Å². The second-order valence-corrected chi connectivity index (χ2v) is 7.06. The first-order valence-corrected chi connectivity index (χ1v) is 9.05. The molecule has 124 valence electrons. The molecule has 5 nitrogen and oxygen atoms in total. The predicted octanol–water partition coefficient (Wildman–Crippen LogP) is 3.28. The average molecular weight is 340 g/mol. The Kier molecular flexibility index (Phi) is 4.26. The monoisotopic (exact) mass is 340 g/mol. The minimum absolute atomic E-state index is 0.0613. The Hall–Kier alpha value is -1.89. The maximum Gasteiger partial charge on any atom is 0.123 e. The molecule has 1 aromatic carbocycles. The molecule has 1 aliphatic heterocycles. The van der Waals surface area contributed by atoms with E-state index in [9.17, 15) is 0 Å². The highest BCUT2D eigenvalue weighted by Gasteiger charge is 2.25. The van der Waals surface area contributed by atoms with Crippen LogP contribution in [0.4, 0.5) is 0 Å². The van der Waals surface area contributed by atoms with E-state index < -0.39 is 0 Å². The summed E-state index contributed by atoms with van der Waals surface area (Å²) in [6.07, 6.45) is 0.0613. The van der Waals surface area contributed by atoms with Crippen LogP contribution in [0.15, 0.2) is 29.6 Å². The van der Waals surface area contributed by atoms with Gasteiger partial charge in [-0.05, 0) is 26.0 Å². The van der Waals surface area contributed by atoms with E-state index >= 15 is 0 Å². The highest BCUT2D eigenvalue weighted by atomic mass is 32.1. The third kappa shape index (κ3) is 3.17. The number of para-hydroxylation sites is 2. The topological polar surface area (TPSA) is 51.1 Å². The molecule has 0 aliphatic carbocycles. The van der Waals surface area contributed by atoms with Crippen molar-refractivity contribution in [2.45, 2.75) is 26.5 Å². The minimum Gasteiger partial charge on any atom is -0.368 e. The molecule has 1 aliphatic rings. The summed E-state index contributed by atoms with van der Waals surface area (Å²) in [6.45, 7) is 7.35. The largest absolute Gasteiger partial charge is 0.368 e. The summed E-state index contributed by atoms with van der Waals surface area (Å²) in [5.74, 6) is 0. The van der Waals surface area contributed by atoms with Gasteiger partial charge in [0.25, 0.3) is 0 Å². The Morgan fingerprint density at radius 3 is 2.71 bits per heavy atom. The molecule has 2 aromatic heterocycles. The zero-order chi connectivity index (χ0) is 16.5. The molecular weight excluding hydrogens is 320 g/mol. The molecule has 3 heterocycles. The van der Waals surface area contributed by atoms with Gasteiger partial charge in [-0.25, -0.2) is 15.0 Å². The number of thiazole rings is 1. The molecule has 24 heavy (non-hydrogen) atoms. The van der Waals surface area contributed by atoms with Gasteiger partial charge >= 0.3 is 0 Å². The van der Waals surface area contributed by atoms with Crippen LogP contribution in [-0.2, 0) is 11.3 Å². The number of rotatable bonds is 3. The molecule has 0 spiro atoms. The molecule has 0 amide bonds. The number of ether oxygens (including phenoxy) is 1. The lowest BCUT2D eigenvalue weighted by atomic mass is 10.2. The summed E-state index contributed by atoms with van der Waals surface area (Å²) in [5, 5.41) is 3.15. The quantitative estimate of drug-likeness (QED) is 0.732. The summed E-state index contributed by atoms with van der Waals surface area (Å²) in [6, 6.07) is 8.03. The van der Waals surface area contributed by atoms with Gasteiger partial charge in [-0.1, -0.05) is 12.1 Å². The van der Waals surface area contributed by atoms with Gasteiger partial charge in [0.15, 0.2) is 0 Å². The van der Waals surface area contributed by atoms with Crippen LogP contribution >= 0.6 is 11.3 Å². The van der Waals surface area contributed by atoms with Crippen molar-refractivity contribution in [1.29, 1.82) is 0 Å². The van der Waals surface area contributed by atoms with Gasteiger partial charge in [-0.2, -0.15) is 0 Å². The minimum atomic E-state index is 0.0613. The summed E-state index contributed by atoms with van der Waals surface area (Å²) in [4.78, 5) is 16.5. The van der Waals surface area contributed by atoms with Crippen LogP contribution in [0.2, 0.25) is 0 Å². The Bertz CT molecular complexity index is 863. The molecule has 0 saturated carbocycles. The van der Waals surface area contributed by atoms with Gasteiger partial charge in [0.1, 0.15) is 11.1 Å². The van der Waals surface area contributed by atoms with Crippen molar-refractivity contribution in [3.8, 4) is 0 Å². The molecule has 0 bridgehead atoms. The van der Waals surface area contributed by atoms with Gasteiger partial charge in [-0.15, -0.1) is 11.3 Å². The van der Waals surface area contributed by atoms with Crippen LogP contribution < -0.4 is 0 Å². The summed E-state index contributed by atoms with van der Waals surface area (Å²) < 4.78 is 5.92. The first-order valence-electron chi connectivity index (χ1n) is 8.17. The fourth-order valence-electron chi connectivity index (χ4n) is 3.00. The van der Waals surface area contributed by atoms with Crippen LogP contribution in [0.1, 0.15) is 28.2 Å². The van der Waals surface area contributed by atoms with E-state index in [4.69, 9.17) is 14.7 Å². The number of nitrogens with zero attached hydrogens (tertiary/aromatic N) is 4. The van der Waals surface area contributed by atoms with Crippen molar-refractivity contribution in [2.24, 2.45) is 0 Å². The molecular formula is C18H20N4OS.